The number of esters is 1. The fraction of sp³-hybridized carbons (Fsp3) is 0.316. The van der Waals surface area contributed by atoms with Crippen LogP contribution in [-0.4, -0.2) is 29.2 Å². The molecule has 2 aromatic carbocycles. The van der Waals surface area contributed by atoms with E-state index >= 15 is 0 Å². The number of hydrogen-bond donors (Lipinski definition) is 0. The van der Waals surface area contributed by atoms with Crippen molar-refractivity contribution in [2.45, 2.75) is 17.1 Å². The zero-order chi connectivity index (χ0) is 16.8. The SMILES string of the molecule is COc1ccc(C(=O)OC(c2ccccc2)C2SCCCS2)cc1. The van der Waals surface area contributed by atoms with Gasteiger partial charge in [-0.1, -0.05) is 30.3 Å². The minimum Gasteiger partial charge on any atom is -0.497 e. The molecule has 24 heavy (non-hydrogen) atoms. The minimum absolute atomic E-state index is 0.239. The van der Waals surface area contributed by atoms with Crippen LogP contribution in [0.5, 0.6) is 5.75 Å². The van der Waals surface area contributed by atoms with Crippen LogP contribution in [-0.2, 0) is 4.74 Å². The standard InChI is InChI=1S/C19H20O3S2/c1-21-16-10-8-15(9-11-16)18(20)22-17(14-6-3-2-4-7-14)19-23-12-5-13-24-19/h2-4,6-11,17,19H,5,12-13H2,1H3. The Bertz CT molecular complexity index is 652. The second-order valence-corrected chi connectivity index (χ2v) is 8.23. The van der Waals surface area contributed by atoms with Crippen LogP contribution in [0, 0.1) is 0 Å². The molecule has 0 aromatic heterocycles. The van der Waals surface area contributed by atoms with Crippen LogP contribution < -0.4 is 4.74 Å². The molecule has 3 nitrogen and oxygen atoms in total. The zero-order valence-corrected chi connectivity index (χ0v) is 15.1. The highest BCUT2D eigenvalue weighted by Gasteiger charge is 2.30. The van der Waals surface area contributed by atoms with Gasteiger partial charge in [-0.05, 0) is 47.8 Å². The van der Waals surface area contributed by atoms with E-state index in [0.717, 1.165) is 22.8 Å². The molecule has 1 fully saturated rings. The number of benzene rings is 2. The number of carbonyl (C=O) groups excluding carboxylic acids is 1. The van der Waals surface area contributed by atoms with Gasteiger partial charge in [-0.3, -0.25) is 0 Å². The molecule has 126 valence electrons. The van der Waals surface area contributed by atoms with E-state index in [0.29, 0.717) is 5.56 Å². The van der Waals surface area contributed by atoms with Gasteiger partial charge in [0, 0.05) is 0 Å². The van der Waals surface area contributed by atoms with E-state index in [1.807, 2.05) is 53.9 Å². The summed E-state index contributed by atoms with van der Waals surface area (Å²) in [5.41, 5.74) is 1.59. The molecular formula is C19H20O3S2. The molecule has 0 radical (unpaired) electrons. The molecule has 1 heterocycles. The Morgan fingerprint density at radius 1 is 1.04 bits per heavy atom. The number of carbonyl (C=O) groups is 1. The van der Waals surface area contributed by atoms with Crippen LogP contribution >= 0.6 is 23.5 Å². The Balaban J connectivity index is 1.78. The van der Waals surface area contributed by atoms with Gasteiger partial charge in [-0.25, -0.2) is 4.79 Å². The summed E-state index contributed by atoms with van der Waals surface area (Å²) in [6, 6.07) is 17.0. The molecule has 0 aliphatic carbocycles. The molecule has 3 rings (SSSR count). The molecule has 0 bridgehead atoms. The first-order valence-corrected chi connectivity index (χ1v) is 10.0. The molecule has 5 heteroatoms. The van der Waals surface area contributed by atoms with Gasteiger partial charge in [0.1, 0.15) is 11.9 Å². The van der Waals surface area contributed by atoms with Crippen molar-refractivity contribution in [3.8, 4) is 5.75 Å². The highest BCUT2D eigenvalue weighted by molar-refractivity contribution is 8.17. The van der Waals surface area contributed by atoms with Crippen LogP contribution in [0.15, 0.2) is 54.6 Å². The van der Waals surface area contributed by atoms with Crippen molar-refractivity contribution in [1.29, 1.82) is 0 Å². The van der Waals surface area contributed by atoms with Gasteiger partial charge < -0.3 is 9.47 Å². The number of methoxy groups -OCH3 is 1. The van der Waals surface area contributed by atoms with Crippen molar-refractivity contribution in [2.75, 3.05) is 18.6 Å². The Morgan fingerprint density at radius 2 is 1.71 bits per heavy atom. The lowest BCUT2D eigenvalue weighted by atomic mass is 10.1. The Morgan fingerprint density at radius 3 is 2.33 bits per heavy atom. The molecular weight excluding hydrogens is 340 g/mol. The van der Waals surface area contributed by atoms with E-state index in [1.54, 1.807) is 31.4 Å². The van der Waals surface area contributed by atoms with E-state index < -0.39 is 0 Å². The molecule has 1 aliphatic rings. The summed E-state index contributed by atoms with van der Waals surface area (Å²) in [6.45, 7) is 0. The summed E-state index contributed by atoms with van der Waals surface area (Å²) in [6.07, 6.45) is 0.968. The van der Waals surface area contributed by atoms with Gasteiger partial charge in [-0.15, -0.1) is 23.5 Å². The fourth-order valence-electron chi connectivity index (χ4n) is 2.51. The van der Waals surface area contributed by atoms with Crippen molar-refractivity contribution in [1.82, 2.24) is 0 Å². The Kier molecular flexibility index (Phi) is 6.10. The van der Waals surface area contributed by atoms with E-state index in [-0.39, 0.29) is 16.7 Å². The number of rotatable bonds is 5. The normalized spacial score (nSPS) is 16.4. The Hall–Kier alpha value is -1.59. The highest BCUT2D eigenvalue weighted by Crippen LogP contribution is 2.41. The van der Waals surface area contributed by atoms with Crippen molar-refractivity contribution >= 4 is 29.5 Å². The average Bonchev–Trinajstić information content (AvgIpc) is 2.67. The third-order valence-corrected chi connectivity index (χ3v) is 6.80. The molecule has 1 aliphatic heterocycles. The summed E-state index contributed by atoms with van der Waals surface area (Å²) in [5, 5.41) is 0. The first-order valence-electron chi connectivity index (χ1n) is 7.91. The summed E-state index contributed by atoms with van der Waals surface area (Å²) in [7, 11) is 1.61. The summed E-state index contributed by atoms with van der Waals surface area (Å²) in [4.78, 5) is 12.6. The predicted molar refractivity (Wildman–Crippen MR) is 101 cm³/mol. The predicted octanol–water partition coefficient (Wildman–Crippen LogP) is 4.79. The molecule has 1 unspecified atom stereocenters. The van der Waals surface area contributed by atoms with Gasteiger partial charge in [0.05, 0.1) is 17.3 Å². The Labute approximate surface area is 151 Å². The molecule has 1 atom stereocenters. The third-order valence-electron chi connectivity index (χ3n) is 3.79. The smallest absolute Gasteiger partial charge is 0.338 e. The van der Waals surface area contributed by atoms with Crippen LogP contribution in [0.1, 0.15) is 28.4 Å². The highest BCUT2D eigenvalue weighted by atomic mass is 32.2. The van der Waals surface area contributed by atoms with E-state index in [2.05, 4.69) is 0 Å². The van der Waals surface area contributed by atoms with Crippen molar-refractivity contribution in [2.24, 2.45) is 0 Å². The quantitative estimate of drug-likeness (QED) is 0.717. The number of ether oxygens (including phenoxy) is 2. The van der Waals surface area contributed by atoms with Crippen LogP contribution in [0.3, 0.4) is 0 Å². The van der Waals surface area contributed by atoms with Crippen molar-refractivity contribution in [3.63, 3.8) is 0 Å². The van der Waals surface area contributed by atoms with Crippen LogP contribution in [0.2, 0.25) is 0 Å². The second-order valence-electron chi connectivity index (χ2n) is 5.43. The molecule has 0 N–H and O–H groups in total. The monoisotopic (exact) mass is 360 g/mol. The minimum atomic E-state index is -0.293. The molecule has 1 saturated heterocycles. The maximum Gasteiger partial charge on any atom is 0.338 e. The largest absolute Gasteiger partial charge is 0.497 e. The molecule has 0 amide bonds. The lowest BCUT2D eigenvalue weighted by molar-refractivity contribution is 0.0332. The van der Waals surface area contributed by atoms with Crippen molar-refractivity contribution < 1.29 is 14.3 Å². The lowest BCUT2D eigenvalue weighted by Gasteiger charge is -2.29. The number of hydrogen-bond acceptors (Lipinski definition) is 5. The van der Waals surface area contributed by atoms with Gasteiger partial charge in [0.15, 0.2) is 0 Å². The second kappa shape index (κ2) is 8.49. The zero-order valence-electron chi connectivity index (χ0n) is 13.5. The lowest BCUT2D eigenvalue weighted by Crippen LogP contribution is -2.22. The first kappa shape index (κ1) is 17.2. The van der Waals surface area contributed by atoms with Crippen LogP contribution in [0.25, 0.3) is 0 Å². The summed E-state index contributed by atoms with van der Waals surface area (Å²) >= 11 is 3.75. The van der Waals surface area contributed by atoms with Gasteiger partial charge in [0.2, 0.25) is 0 Å². The third kappa shape index (κ3) is 4.28. The van der Waals surface area contributed by atoms with Crippen LogP contribution in [0.4, 0.5) is 0 Å². The summed E-state index contributed by atoms with van der Waals surface area (Å²) in [5.74, 6) is 2.66. The summed E-state index contributed by atoms with van der Waals surface area (Å²) < 4.78 is 11.3. The van der Waals surface area contributed by atoms with Gasteiger partial charge >= 0.3 is 5.97 Å². The molecule has 0 saturated carbocycles. The van der Waals surface area contributed by atoms with Gasteiger partial charge in [-0.2, -0.15) is 0 Å². The molecule has 2 aromatic rings. The van der Waals surface area contributed by atoms with Gasteiger partial charge in [0.25, 0.3) is 0 Å². The molecule has 0 spiro atoms. The first-order chi connectivity index (χ1) is 11.8. The van der Waals surface area contributed by atoms with E-state index in [9.17, 15) is 4.79 Å². The number of thioether (sulfide) groups is 2. The van der Waals surface area contributed by atoms with E-state index in [1.165, 1.54) is 6.42 Å². The topological polar surface area (TPSA) is 35.5 Å². The maximum absolute atomic E-state index is 12.6. The average molecular weight is 361 g/mol. The fourth-order valence-corrected chi connectivity index (χ4v) is 5.52. The van der Waals surface area contributed by atoms with Crippen molar-refractivity contribution in [3.05, 3.63) is 65.7 Å². The van der Waals surface area contributed by atoms with E-state index in [4.69, 9.17) is 9.47 Å². The maximum atomic E-state index is 12.6.